The molecule has 0 saturated heterocycles. The highest BCUT2D eigenvalue weighted by Crippen LogP contribution is 2.28. The van der Waals surface area contributed by atoms with Crippen LogP contribution in [0.2, 0.25) is 0 Å². The maximum absolute atomic E-state index is 5.73. The zero-order valence-corrected chi connectivity index (χ0v) is 17.5. The number of aromatic nitrogens is 4. The molecule has 1 N–H and O–H groups in total. The summed E-state index contributed by atoms with van der Waals surface area (Å²) in [5.74, 6) is 1.69. The van der Waals surface area contributed by atoms with Gasteiger partial charge in [0, 0.05) is 17.5 Å². The van der Waals surface area contributed by atoms with E-state index in [2.05, 4.69) is 27.8 Å². The molecular formula is C25H23N5O. The van der Waals surface area contributed by atoms with E-state index in [1.54, 1.807) is 4.52 Å². The second kappa shape index (κ2) is 8.07. The Morgan fingerprint density at radius 3 is 2.42 bits per heavy atom. The van der Waals surface area contributed by atoms with Gasteiger partial charge >= 0.3 is 0 Å². The highest BCUT2D eigenvalue weighted by Gasteiger charge is 2.15. The van der Waals surface area contributed by atoms with Gasteiger partial charge in [0.25, 0.3) is 0 Å². The lowest BCUT2D eigenvalue weighted by Gasteiger charge is -2.12. The fourth-order valence-electron chi connectivity index (χ4n) is 3.63. The maximum Gasteiger partial charge on any atom is 0.186 e. The minimum atomic E-state index is 0.161. The van der Waals surface area contributed by atoms with Gasteiger partial charge in [-0.05, 0) is 43.7 Å². The molecule has 0 bridgehead atoms. The summed E-state index contributed by atoms with van der Waals surface area (Å²) in [4.78, 5) is 4.91. The van der Waals surface area contributed by atoms with Crippen LogP contribution in [0.3, 0.4) is 0 Å². The topological polar surface area (TPSA) is 64.3 Å². The van der Waals surface area contributed by atoms with Gasteiger partial charge in [-0.25, -0.2) is 4.98 Å². The monoisotopic (exact) mass is 409 g/mol. The second-order valence-electron chi connectivity index (χ2n) is 7.68. The molecule has 0 aliphatic rings. The number of para-hydroxylation sites is 1. The fraction of sp³-hybridized carbons (Fsp3) is 0.160. The van der Waals surface area contributed by atoms with Crippen LogP contribution in [0.15, 0.2) is 78.9 Å². The van der Waals surface area contributed by atoms with E-state index in [4.69, 9.17) is 9.72 Å². The summed E-state index contributed by atoms with van der Waals surface area (Å²) in [5, 5.41) is 13.3. The summed E-state index contributed by atoms with van der Waals surface area (Å²) >= 11 is 0. The number of hydrogen-bond donors (Lipinski definition) is 1. The molecule has 2 aromatic heterocycles. The van der Waals surface area contributed by atoms with Crippen molar-refractivity contribution in [2.24, 2.45) is 0 Å². The molecule has 3 aromatic carbocycles. The minimum absolute atomic E-state index is 0.161. The Kier molecular flexibility index (Phi) is 4.96. The molecule has 0 fully saturated rings. The van der Waals surface area contributed by atoms with Crippen LogP contribution >= 0.6 is 0 Å². The Bertz CT molecular complexity index is 1330. The first-order valence-corrected chi connectivity index (χ1v) is 10.4. The Hall–Kier alpha value is -3.93. The van der Waals surface area contributed by atoms with E-state index in [0.29, 0.717) is 6.54 Å². The van der Waals surface area contributed by atoms with Crippen LogP contribution in [-0.4, -0.2) is 25.9 Å². The van der Waals surface area contributed by atoms with Gasteiger partial charge in [-0.2, -0.15) is 4.52 Å². The summed E-state index contributed by atoms with van der Waals surface area (Å²) in [5.41, 5.74) is 4.60. The van der Waals surface area contributed by atoms with Crippen LogP contribution in [0.4, 0.5) is 5.82 Å². The zero-order chi connectivity index (χ0) is 21.2. The van der Waals surface area contributed by atoms with Crippen molar-refractivity contribution in [2.45, 2.75) is 26.5 Å². The molecule has 0 saturated carbocycles. The smallest absolute Gasteiger partial charge is 0.186 e. The van der Waals surface area contributed by atoms with Crippen LogP contribution < -0.4 is 10.1 Å². The summed E-state index contributed by atoms with van der Waals surface area (Å²) in [6.45, 7) is 4.70. The van der Waals surface area contributed by atoms with E-state index in [-0.39, 0.29) is 6.10 Å². The lowest BCUT2D eigenvalue weighted by atomic mass is 10.1. The van der Waals surface area contributed by atoms with Crippen LogP contribution in [0.5, 0.6) is 5.75 Å². The van der Waals surface area contributed by atoms with Crippen molar-refractivity contribution in [3.05, 3.63) is 84.4 Å². The Morgan fingerprint density at radius 1 is 0.903 bits per heavy atom. The standard InChI is InChI=1S/C25H23N5O/c1-17(2)31-20-14-12-18(13-15-20)16-26-24-21-10-6-7-11-22(21)30-25(27-24)23(28-29-30)19-8-4-3-5-9-19/h3-15,17H,16H2,1-2H3,(H,26,27). The summed E-state index contributed by atoms with van der Waals surface area (Å²) < 4.78 is 7.54. The molecule has 6 nitrogen and oxygen atoms in total. The maximum atomic E-state index is 5.73. The van der Waals surface area contributed by atoms with Crippen molar-refractivity contribution in [3.63, 3.8) is 0 Å². The molecule has 5 rings (SSSR count). The number of rotatable bonds is 6. The number of nitrogens with one attached hydrogen (secondary N) is 1. The van der Waals surface area contributed by atoms with Gasteiger partial charge in [0.05, 0.1) is 11.6 Å². The van der Waals surface area contributed by atoms with Crippen molar-refractivity contribution in [1.29, 1.82) is 0 Å². The molecule has 31 heavy (non-hydrogen) atoms. The van der Waals surface area contributed by atoms with Crippen molar-refractivity contribution < 1.29 is 4.74 Å². The molecule has 0 amide bonds. The average molecular weight is 409 g/mol. The molecular weight excluding hydrogens is 386 g/mol. The van der Waals surface area contributed by atoms with Gasteiger partial charge in [0.15, 0.2) is 5.65 Å². The first-order valence-electron chi connectivity index (χ1n) is 10.4. The van der Waals surface area contributed by atoms with Crippen LogP contribution in [0.1, 0.15) is 19.4 Å². The highest BCUT2D eigenvalue weighted by atomic mass is 16.5. The number of benzene rings is 3. The summed E-state index contributed by atoms with van der Waals surface area (Å²) in [6, 6.07) is 26.3. The van der Waals surface area contributed by atoms with Gasteiger partial charge in [-0.1, -0.05) is 59.8 Å². The SMILES string of the molecule is CC(C)Oc1ccc(CNc2nc3c(-c4ccccc4)nnn3c3ccccc23)cc1. The fourth-order valence-corrected chi connectivity index (χ4v) is 3.63. The van der Waals surface area contributed by atoms with Gasteiger partial charge in [-0.3, -0.25) is 0 Å². The van der Waals surface area contributed by atoms with E-state index in [9.17, 15) is 0 Å². The molecule has 0 aliphatic heterocycles. The van der Waals surface area contributed by atoms with Crippen LogP contribution in [0, 0.1) is 0 Å². The quantitative estimate of drug-likeness (QED) is 0.410. The first-order chi connectivity index (χ1) is 15.2. The molecule has 0 unspecified atom stereocenters. The minimum Gasteiger partial charge on any atom is -0.491 e. The normalized spacial score (nSPS) is 11.3. The Morgan fingerprint density at radius 2 is 1.65 bits per heavy atom. The molecule has 0 radical (unpaired) electrons. The summed E-state index contributed by atoms with van der Waals surface area (Å²) in [6.07, 6.45) is 0.161. The predicted molar refractivity (Wildman–Crippen MR) is 123 cm³/mol. The predicted octanol–water partition coefficient (Wildman–Crippen LogP) is 5.34. The lowest BCUT2D eigenvalue weighted by molar-refractivity contribution is 0.242. The zero-order valence-electron chi connectivity index (χ0n) is 17.5. The van der Waals surface area contributed by atoms with Gasteiger partial charge in [0.2, 0.25) is 0 Å². The van der Waals surface area contributed by atoms with Crippen LogP contribution in [0.25, 0.3) is 27.8 Å². The third kappa shape index (κ3) is 3.80. The van der Waals surface area contributed by atoms with Gasteiger partial charge in [-0.15, -0.1) is 5.10 Å². The molecule has 0 atom stereocenters. The molecule has 0 aliphatic carbocycles. The molecule has 5 aromatic rings. The van der Waals surface area contributed by atoms with Crippen molar-refractivity contribution >= 4 is 22.4 Å². The van der Waals surface area contributed by atoms with E-state index in [0.717, 1.165) is 44.9 Å². The number of nitrogens with zero attached hydrogens (tertiary/aromatic N) is 4. The van der Waals surface area contributed by atoms with Crippen molar-refractivity contribution in [1.82, 2.24) is 19.8 Å². The molecule has 6 heteroatoms. The third-order valence-electron chi connectivity index (χ3n) is 5.05. The highest BCUT2D eigenvalue weighted by molar-refractivity contribution is 5.93. The van der Waals surface area contributed by atoms with Gasteiger partial charge < -0.3 is 10.1 Å². The third-order valence-corrected chi connectivity index (χ3v) is 5.05. The van der Waals surface area contributed by atoms with E-state index in [1.165, 1.54) is 0 Å². The second-order valence-corrected chi connectivity index (χ2v) is 7.68. The first kappa shape index (κ1) is 19.1. The number of hydrogen-bond acceptors (Lipinski definition) is 5. The average Bonchev–Trinajstić information content (AvgIpc) is 3.23. The molecule has 0 spiro atoms. The number of fused-ring (bicyclic) bond motifs is 3. The van der Waals surface area contributed by atoms with E-state index < -0.39 is 0 Å². The molecule has 2 heterocycles. The van der Waals surface area contributed by atoms with Gasteiger partial charge in [0.1, 0.15) is 17.3 Å². The van der Waals surface area contributed by atoms with E-state index in [1.807, 2.05) is 80.6 Å². The van der Waals surface area contributed by atoms with Crippen molar-refractivity contribution in [2.75, 3.05) is 5.32 Å². The van der Waals surface area contributed by atoms with Crippen molar-refractivity contribution in [3.8, 4) is 17.0 Å². The Balaban J connectivity index is 1.51. The Labute approximate surface area is 180 Å². The largest absolute Gasteiger partial charge is 0.491 e. The van der Waals surface area contributed by atoms with Crippen LogP contribution in [-0.2, 0) is 6.54 Å². The lowest BCUT2D eigenvalue weighted by Crippen LogP contribution is -2.06. The van der Waals surface area contributed by atoms with E-state index >= 15 is 0 Å². The number of ether oxygens (including phenoxy) is 1. The molecule has 154 valence electrons. The summed E-state index contributed by atoms with van der Waals surface area (Å²) in [7, 11) is 0. The number of anilines is 1.